The van der Waals surface area contributed by atoms with E-state index in [1.807, 2.05) is 24.3 Å². The van der Waals surface area contributed by atoms with Crippen LogP contribution in [0.15, 0.2) is 152 Å². The average molecular weight is 639 g/mol. The molecule has 0 radical (unpaired) electrons. The molecule has 9 rings (SSSR count). The summed E-state index contributed by atoms with van der Waals surface area (Å²) in [5.41, 5.74) is 5.15. The maximum absolute atomic E-state index is 5.16. The molecule has 7 aromatic carbocycles. The fourth-order valence-electron chi connectivity index (χ4n) is 6.35. The zero-order valence-electron chi connectivity index (χ0n) is 24.2. The summed E-state index contributed by atoms with van der Waals surface area (Å²) in [4.78, 5) is 15.3. The second-order valence-corrected chi connectivity index (χ2v) is 13.4. The van der Waals surface area contributed by atoms with E-state index >= 15 is 0 Å². The van der Waals surface area contributed by atoms with Crippen molar-refractivity contribution in [2.24, 2.45) is 0 Å². The van der Waals surface area contributed by atoms with E-state index in [2.05, 4.69) is 127 Å². The first kappa shape index (κ1) is 26.0. The topological polar surface area (TPSA) is 38.7 Å². The van der Waals surface area contributed by atoms with Gasteiger partial charge in [-0.1, -0.05) is 18.2 Å². The minimum atomic E-state index is 0.248. The van der Waals surface area contributed by atoms with Crippen molar-refractivity contribution in [3.05, 3.63) is 152 Å². The van der Waals surface area contributed by atoms with Gasteiger partial charge in [-0.2, -0.15) is 0 Å². The SMILES string of the molecule is c1ccc(-c2nc(-c3ccc4ccc5ccc6c7ccccc7[se]c6c5c4c3)nc(-c3ccccc3-c3ccccc3)n2)cc1. The van der Waals surface area contributed by atoms with E-state index in [1.165, 1.54) is 40.8 Å². The molecule has 3 nitrogen and oxygen atoms in total. The number of fused-ring (bicyclic) bond motifs is 7. The normalized spacial score (nSPS) is 11.6. The van der Waals surface area contributed by atoms with Crippen LogP contribution in [0.2, 0.25) is 0 Å². The van der Waals surface area contributed by atoms with Crippen molar-refractivity contribution in [1.29, 1.82) is 0 Å². The number of hydrogen-bond donors (Lipinski definition) is 0. The Morgan fingerprint density at radius 3 is 1.80 bits per heavy atom. The van der Waals surface area contributed by atoms with Gasteiger partial charge in [0.1, 0.15) is 0 Å². The molecule has 4 heteroatoms. The summed E-state index contributed by atoms with van der Waals surface area (Å²) >= 11 is 0.248. The van der Waals surface area contributed by atoms with E-state index in [-0.39, 0.29) is 14.5 Å². The molecule has 0 fully saturated rings. The van der Waals surface area contributed by atoms with E-state index in [4.69, 9.17) is 15.0 Å². The number of nitrogens with zero attached hydrogens (tertiary/aromatic N) is 3. The van der Waals surface area contributed by atoms with E-state index in [9.17, 15) is 0 Å². The molecule has 9 aromatic rings. The number of hydrogen-bond acceptors (Lipinski definition) is 3. The van der Waals surface area contributed by atoms with Gasteiger partial charge in [0.25, 0.3) is 0 Å². The van der Waals surface area contributed by atoms with Gasteiger partial charge in [-0.25, -0.2) is 0 Å². The summed E-state index contributed by atoms with van der Waals surface area (Å²) in [5.74, 6) is 1.99. The van der Waals surface area contributed by atoms with E-state index < -0.39 is 0 Å². The number of aromatic nitrogens is 3. The molecule has 0 saturated carbocycles. The van der Waals surface area contributed by atoms with Crippen LogP contribution in [0, 0.1) is 0 Å². The molecule has 0 saturated heterocycles. The first-order valence-corrected chi connectivity index (χ1v) is 16.7. The van der Waals surface area contributed by atoms with Crippen LogP contribution >= 0.6 is 0 Å². The van der Waals surface area contributed by atoms with E-state index in [1.54, 1.807) is 0 Å². The second kappa shape index (κ2) is 10.6. The van der Waals surface area contributed by atoms with Gasteiger partial charge in [0.15, 0.2) is 0 Å². The van der Waals surface area contributed by atoms with Crippen molar-refractivity contribution >= 4 is 55.3 Å². The van der Waals surface area contributed by atoms with Gasteiger partial charge in [-0.15, -0.1) is 0 Å². The summed E-state index contributed by atoms with van der Waals surface area (Å²) in [5, 5.41) is 7.81. The average Bonchev–Trinajstić information content (AvgIpc) is 3.51. The molecule has 2 aromatic heterocycles. The number of rotatable bonds is 4. The van der Waals surface area contributed by atoms with Crippen molar-refractivity contribution in [2.45, 2.75) is 0 Å². The third-order valence-corrected chi connectivity index (χ3v) is 11.0. The van der Waals surface area contributed by atoms with Crippen LogP contribution in [0.25, 0.3) is 86.1 Å². The zero-order chi connectivity index (χ0) is 29.7. The molecule has 0 spiro atoms. The van der Waals surface area contributed by atoms with Crippen LogP contribution in [0.3, 0.4) is 0 Å². The fourth-order valence-corrected chi connectivity index (χ4v) is 9.02. The van der Waals surface area contributed by atoms with E-state index in [0.29, 0.717) is 17.5 Å². The molecule has 2 heterocycles. The third-order valence-electron chi connectivity index (χ3n) is 8.52. The van der Waals surface area contributed by atoms with Gasteiger partial charge in [-0.05, 0) is 0 Å². The summed E-state index contributed by atoms with van der Waals surface area (Å²) in [6, 6.07) is 53.5. The molecule has 0 aliphatic carbocycles. The Bertz CT molecular complexity index is 2540. The molecular weight excluding hydrogens is 613 g/mol. The van der Waals surface area contributed by atoms with Crippen LogP contribution < -0.4 is 0 Å². The predicted octanol–water partition coefficient (Wildman–Crippen LogP) is 10.2. The van der Waals surface area contributed by atoms with Gasteiger partial charge < -0.3 is 0 Å². The van der Waals surface area contributed by atoms with Gasteiger partial charge in [-0.3, -0.25) is 0 Å². The molecule has 0 aliphatic heterocycles. The van der Waals surface area contributed by atoms with E-state index in [0.717, 1.165) is 27.8 Å². The Kier molecular flexibility index (Phi) is 6.15. The van der Waals surface area contributed by atoms with Crippen molar-refractivity contribution in [2.75, 3.05) is 0 Å². The van der Waals surface area contributed by atoms with Crippen molar-refractivity contribution in [1.82, 2.24) is 15.0 Å². The standard InChI is InChI=1S/C41H25N3Se/c1-3-11-26(12-4-1)31-15-7-8-17-34(31)41-43-39(29-13-5-2-6-14-29)42-40(44-41)30-22-20-27-19-21-28-23-24-33-32-16-9-10-18-36(32)45-38(33)37(28)35(27)25-30/h1-25H. The zero-order valence-corrected chi connectivity index (χ0v) is 25.9. The first-order chi connectivity index (χ1) is 22.3. The quantitative estimate of drug-likeness (QED) is 0.142. The molecular formula is C41H25N3Se. The molecule has 45 heavy (non-hydrogen) atoms. The molecule has 0 aliphatic rings. The fraction of sp³-hybridized carbons (Fsp3) is 0. The Balaban J connectivity index is 1.30. The second-order valence-electron chi connectivity index (χ2n) is 11.2. The maximum atomic E-state index is 5.16. The Morgan fingerprint density at radius 2 is 0.978 bits per heavy atom. The first-order valence-electron chi connectivity index (χ1n) is 15.0. The Morgan fingerprint density at radius 1 is 0.378 bits per heavy atom. The summed E-state index contributed by atoms with van der Waals surface area (Å²) in [7, 11) is 0. The van der Waals surface area contributed by atoms with Crippen LogP contribution in [0.1, 0.15) is 0 Å². The van der Waals surface area contributed by atoms with Crippen molar-refractivity contribution < 1.29 is 0 Å². The summed E-state index contributed by atoms with van der Waals surface area (Å²) in [6.07, 6.45) is 0. The minimum absolute atomic E-state index is 0.248. The summed E-state index contributed by atoms with van der Waals surface area (Å²) < 4.78 is 2.91. The molecule has 0 atom stereocenters. The van der Waals surface area contributed by atoms with Gasteiger partial charge in [0.2, 0.25) is 0 Å². The van der Waals surface area contributed by atoms with Crippen LogP contribution in [0.5, 0.6) is 0 Å². The van der Waals surface area contributed by atoms with Gasteiger partial charge >= 0.3 is 249 Å². The molecule has 0 unspecified atom stereocenters. The van der Waals surface area contributed by atoms with Crippen LogP contribution in [-0.4, -0.2) is 29.5 Å². The third kappa shape index (κ3) is 4.46. The predicted molar refractivity (Wildman–Crippen MR) is 189 cm³/mol. The van der Waals surface area contributed by atoms with Crippen LogP contribution in [-0.2, 0) is 0 Å². The van der Waals surface area contributed by atoms with Crippen molar-refractivity contribution in [3.8, 4) is 45.3 Å². The van der Waals surface area contributed by atoms with Gasteiger partial charge in [0.05, 0.1) is 0 Å². The molecule has 0 N–H and O–H groups in total. The monoisotopic (exact) mass is 639 g/mol. The molecule has 210 valence electrons. The Labute approximate surface area is 266 Å². The van der Waals surface area contributed by atoms with Gasteiger partial charge in [0, 0.05) is 0 Å². The summed E-state index contributed by atoms with van der Waals surface area (Å²) in [6.45, 7) is 0. The van der Waals surface area contributed by atoms with Crippen molar-refractivity contribution in [3.63, 3.8) is 0 Å². The van der Waals surface area contributed by atoms with Crippen LogP contribution in [0.4, 0.5) is 0 Å². The Hall–Kier alpha value is -5.41. The molecule has 0 amide bonds. The number of benzene rings is 7. The molecule has 0 bridgehead atoms.